The number of ether oxygens (including phenoxy) is 1. The van der Waals surface area contributed by atoms with Gasteiger partial charge in [-0.3, -0.25) is 4.79 Å². The van der Waals surface area contributed by atoms with Crippen LogP contribution < -0.4 is 4.90 Å². The summed E-state index contributed by atoms with van der Waals surface area (Å²) in [6.07, 6.45) is 5.23. The fourth-order valence-electron chi connectivity index (χ4n) is 2.75. The molecular formula is C17H20N2O3. The number of carbonyl (C=O) groups excluding carboxylic acids is 1. The number of rotatable bonds is 4. The Bertz CT molecular complexity index is 624. The van der Waals surface area contributed by atoms with Crippen LogP contribution in [0, 0.1) is 12.8 Å². The number of carbonyl (C=O) groups is 1. The molecular weight excluding hydrogens is 280 g/mol. The monoisotopic (exact) mass is 300 g/mol. The number of nitrogens with zero attached hydrogens (tertiary/aromatic N) is 2. The van der Waals surface area contributed by atoms with Crippen LogP contribution in [-0.2, 0) is 16.1 Å². The van der Waals surface area contributed by atoms with Crippen molar-refractivity contribution in [2.24, 2.45) is 5.92 Å². The Morgan fingerprint density at radius 2 is 2.36 bits per heavy atom. The molecule has 0 saturated carbocycles. The van der Waals surface area contributed by atoms with Gasteiger partial charge in [0.05, 0.1) is 12.2 Å². The van der Waals surface area contributed by atoms with Crippen LogP contribution in [0.2, 0.25) is 0 Å². The summed E-state index contributed by atoms with van der Waals surface area (Å²) >= 11 is 0. The average Bonchev–Trinajstić information content (AvgIpc) is 2.99. The Morgan fingerprint density at radius 3 is 3.09 bits per heavy atom. The molecule has 2 aromatic heterocycles. The number of aromatic nitrogens is 1. The second kappa shape index (κ2) is 6.64. The van der Waals surface area contributed by atoms with Crippen LogP contribution in [0.4, 0.5) is 5.82 Å². The number of anilines is 1. The van der Waals surface area contributed by atoms with Gasteiger partial charge in [-0.15, -0.1) is 0 Å². The lowest BCUT2D eigenvalue weighted by Gasteiger charge is -2.32. The van der Waals surface area contributed by atoms with Gasteiger partial charge in [0, 0.05) is 24.8 Å². The Hall–Kier alpha value is -2.30. The number of pyridine rings is 1. The molecule has 22 heavy (non-hydrogen) atoms. The van der Waals surface area contributed by atoms with Gasteiger partial charge >= 0.3 is 5.97 Å². The van der Waals surface area contributed by atoms with Crippen LogP contribution in [0.3, 0.4) is 0 Å². The number of piperidine rings is 1. The van der Waals surface area contributed by atoms with Crippen molar-refractivity contribution < 1.29 is 13.9 Å². The van der Waals surface area contributed by atoms with E-state index >= 15 is 0 Å². The SMILES string of the molecule is Cc1occc1COC(=O)[C@@H]1CCCN(c2ccccn2)C1. The van der Waals surface area contributed by atoms with E-state index in [0.717, 1.165) is 36.5 Å². The van der Waals surface area contributed by atoms with Gasteiger partial charge < -0.3 is 14.1 Å². The van der Waals surface area contributed by atoms with Crippen molar-refractivity contribution >= 4 is 11.8 Å². The third-order valence-electron chi connectivity index (χ3n) is 4.06. The van der Waals surface area contributed by atoms with E-state index in [1.807, 2.05) is 31.2 Å². The predicted octanol–water partition coefficient (Wildman–Crippen LogP) is 2.94. The van der Waals surface area contributed by atoms with Crippen LogP contribution in [0.15, 0.2) is 41.1 Å². The molecule has 116 valence electrons. The summed E-state index contributed by atoms with van der Waals surface area (Å²) in [6.45, 7) is 3.75. The van der Waals surface area contributed by atoms with Gasteiger partial charge in [-0.25, -0.2) is 4.98 Å². The van der Waals surface area contributed by atoms with E-state index in [1.165, 1.54) is 0 Å². The smallest absolute Gasteiger partial charge is 0.311 e. The second-order valence-corrected chi connectivity index (χ2v) is 5.58. The highest BCUT2D eigenvalue weighted by Gasteiger charge is 2.27. The number of hydrogen-bond donors (Lipinski definition) is 0. The maximum absolute atomic E-state index is 12.3. The topological polar surface area (TPSA) is 55.6 Å². The van der Waals surface area contributed by atoms with E-state index < -0.39 is 0 Å². The summed E-state index contributed by atoms with van der Waals surface area (Å²) in [7, 11) is 0. The van der Waals surface area contributed by atoms with Crippen LogP contribution in [0.5, 0.6) is 0 Å². The third-order valence-corrected chi connectivity index (χ3v) is 4.06. The zero-order valence-electron chi connectivity index (χ0n) is 12.7. The molecule has 5 nitrogen and oxygen atoms in total. The van der Waals surface area contributed by atoms with E-state index in [9.17, 15) is 4.79 Å². The Balaban J connectivity index is 1.57. The van der Waals surface area contributed by atoms with Crippen LogP contribution >= 0.6 is 0 Å². The number of furan rings is 1. The molecule has 0 aliphatic carbocycles. The van der Waals surface area contributed by atoms with Gasteiger partial charge in [-0.05, 0) is 38.0 Å². The molecule has 1 aliphatic rings. The zero-order chi connectivity index (χ0) is 15.4. The second-order valence-electron chi connectivity index (χ2n) is 5.58. The van der Waals surface area contributed by atoms with E-state index in [-0.39, 0.29) is 18.5 Å². The summed E-state index contributed by atoms with van der Waals surface area (Å²) in [4.78, 5) is 18.8. The van der Waals surface area contributed by atoms with Crippen molar-refractivity contribution in [3.63, 3.8) is 0 Å². The molecule has 3 rings (SSSR count). The van der Waals surface area contributed by atoms with E-state index in [4.69, 9.17) is 9.15 Å². The van der Waals surface area contributed by atoms with Crippen molar-refractivity contribution in [2.45, 2.75) is 26.4 Å². The van der Waals surface area contributed by atoms with Gasteiger partial charge in [-0.1, -0.05) is 6.07 Å². The number of esters is 1. The van der Waals surface area contributed by atoms with Crippen molar-refractivity contribution in [3.05, 3.63) is 48.0 Å². The molecule has 0 radical (unpaired) electrons. The minimum Gasteiger partial charge on any atom is -0.469 e. The number of aryl methyl sites for hydroxylation is 1. The highest BCUT2D eigenvalue weighted by Crippen LogP contribution is 2.23. The van der Waals surface area contributed by atoms with Crippen molar-refractivity contribution in [2.75, 3.05) is 18.0 Å². The lowest BCUT2D eigenvalue weighted by atomic mass is 9.98. The molecule has 1 atom stereocenters. The van der Waals surface area contributed by atoms with E-state index in [1.54, 1.807) is 12.5 Å². The van der Waals surface area contributed by atoms with Crippen LogP contribution in [0.25, 0.3) is 0 Å². The van der Waals surface area contributed by atoms with Gasteiger partial charge in [0.2, 0.25) is 0 Å². The molecule has 0 bridgehead atoms. The summed E-state index contributed by atoms with van der Waals surface area (Å²) < 4.78 is 10.7. The van der Waals surface area contributed by atoms with Gasteiger partial charge in [0.15, 0.2) is 0 Å². The minimum atomic E-state index is -0.138. The van der Waals surface area contributed by atoms with E-state index in [2.05, 4.69) is 9.88 Å². The van der Waals surface area contributed by atoms with Gasteiger partial charge in [0.1, 0.15) is 18.2 Å². The highest BCUT2D eigenvalue weighted by atomic mass is 16.5. The standard InChI is InChI=1S/C17H20N2O3/c1-13-15(7-10-21-13)12-22-17(20)14-5-4-9-19(11-14)16-6-2-3-8-18-16/h2-3,6-8,10,14H,4-5,9,11-12H2,1H3/t14-/m1/s1. The largest absolute Gasteiger partial charge is 0.469 e. The molecule has 3 heterocycles. The summed E-state index contributed by atoms with van der Waals surface area (Å²) in [5, 5.41) is 0. The van der Waals surface area contributed by atoms with Crippen molar-refractivity contribution in [3.8, 4) is 0 Å². The Morgan fingerprint density at radius 1 is 1.45 bits per heavy atom. The van der Waals surface area contributed by atoms with Gasteiger partial charge in [0.25, 0.3) is 0 Å². The fourth-order valence-corrected chi connectivity index (χ4v) is 2.75. The fraction of sp³-hybridized carbons (Fsp3) is 0.412. The van der Waals surface area contributed by atoms with Crippen molar-refractivity contribution in [1.29, 1.82) is 0 Å². The molecule has 0 spiro atoms. The lowest BCUT2D eigenvalue weighted by molar-refractivity contribution is -0.150. The predicted molar refractivity (Wildman–Crippen MR) is 82.4 cm³/mol. The molecule has 0 unspecified atom stereocenters. The maximum atomic E-state index is 12.3. The van der Waals surface area contributed by atoms with Crippen molar-refractivity contribution in [1.82, 2.24) is 4.98 Å². The van der Waals surface area contributed by atoms with E-state index in [0.29, 0.717) is 6.54 Å². The summed E-state index contributed by atoms with van der Waals surface area (Å²) in [6, 6.07) is 7.67. The summed E-state index contributed by atoms with van der Waals surface area (Å²) in [5.74, 6) is 1.49. The molecule has 0 N–H and O–H groups in total. The first-order valence-corrected chi connectivity index (χ1v) is 7.59. The highest BCUT2D eigenvalue weighted by molar-refractivity contribution is 5.73. The molecule has 1 aliphatic heterocycles. The lowest BCUT2D eigenvalue weighted by Crippen LogP contribution is -2.39. The third kappa shape index (κ3) is 3.30. The maximum Gasteiger partial charge on any atom is 0.311 e. The summed E-state index contributed by atoms with van der Waals surface area (Å²) in [5.41, 5.74) is 0.922. The first-order valence-electron chi connectivity index (χ1n) is 7.59. The quantitative estimate of drug-likeness (QED) is 0.813. The minimum absolute atomic E-state index is 0.0945. The Kier molecular flexibility index (Phi) is 4.42. The normalized spacial score (nSPS) is 18.2. The molecule has 1 saturated heterocycles. The molecule has 1 fully saturated rings. The molecule has 0 aromatic carbocycles. The van der Waals surface area contributed by atoms with Crippen LogP contribution in [0.1, 0.15) is 24.2 Å². The molecule has 5 heteroatoms. The molecule has 2 aromatic rings. The molecule has 0 amide bonds. The number of hydrogen-bond acceptors (Lipinski definition) is 5. The van der Waals surface area contributed by atoms with Crippen LogP contribution in [-0.4, -0.2) is 24.0 Å². The average molecular weight is 300 g/mol. The first kappa shape index (κ1) is 14.6. The zero-order valence-corrected chi connectivity index (χ0v) is 12.7. The Labute approximate surface area is 129 Å². The first-order chi connectivity index (χ1) is 10.7. The van der Waals surface area contributed by atoms with Gasteiger partial charge in [-0.2, -0.15) is 0 Å².